The van der Waals surface area contributed by atoms with Crippen molar-refractivity contribution in [2.75, 3.05) is 13.7 Å². The predicted molar refractivity (Wildman–Crippen MR) is 117 cm³/mol. The van der Waals surface area contributed by atoms with E-state index in [2.05, 4.69) is 21.2 Å². The zero-order chi connectivity index (χ0) is 23.7. The Labute approximate surface area is 197 Å². The van der Waals surface area contributed by atoms with Crippen LogP contribution >= 0.6 is 15.9 Å². The lowest BCUT2D eigenvalue weighted by Gasteiger charge is -2.31. The van der Waals surface area contributed by atoms with Crippen LogP contribution in [-0.4, -0.2) is 48.0 Å². The minimum Gasteiger partial charge on any atom is -0.457 e. The summed E-state index contributed by atoms with van der Waals surface area (Å²) in [5.74, 6) is -3.68. The number of alkyl carbamates (subject to hydrolysis) is 1. The Hall–Kier alpha value is -3.01. The van der Waals surface area contributed by atoms with Gasteiger partial charge >= 0.3 is 12.1 Å². The molecule has 174 valence electrons. The van der Waals surface area contributed by atoms with E-state index >= 15 is 0 Å². The quantitative estimate of drug-likeness (QED) is 0.479. The van der Waals surface area contributed by atoms with Crippen molar-refractivity contribution in [1.82, 2.24) is 9.88 Å². The first kappa shape index (κ1) is 23.2. The highest BCUT2D eigenvalue weighted by molar-refractivity contribution is 9.10. The maximum atomic E-state index is 14.0. The van der Waals surface area contributed by atoms with Gasteiger partial charge in [0.15, 0.2) is 6.61 Å². The lowest BCUT2D eigenvalue weighted by atomic mass is 9.79. The number of carbonyl (C=O) groups is 4. The molecule has 8 nitrogen and oxygen atoms in total. The molecule has 0 saturated carbocycles. The Kier molecular flexibility index (Phi) is 6.64. The molecule has 10 heteroatoms. The maximum absolute atomic E-state index is 14.0. The van der Waals surface area contributed by atoms with E-state index in [4.69, 9.17) is 9.47 Å². The molecule has 1 aromatic carbocycles. The van der Waals surface area contributed by atoms with Crippen LogP contribution in [0.15, 0.2) is 34.9 Å². The third-order valence-corrected chi connectivity index (χ3v) is 6.62. The van der Waals surface area contributed by atoms with Gasteiger partial charge in [-0.1, -0.05) is 15.9 Å². The fraction of sp³-hybridized carbons (Fsp3) is 0.391. The van der Waals surface area contributed by atoms with Crippen molar-refractivity contribution in [3.63, 3.8) is 0 Å². The topological polar surface area (TPSA) is 104 Å². The fourth-order valence-electron chi connectivity index (χ4n) is 4.57. The molecule has 0 radical (unpaired) electrons. The second-order valence-corrected chi connectivity index (χ2v) is 9.08. The molecule has 0 saturated heterocycles. The number of ketones is 2. The number of hydrogen-bond acceptors (Lipinski definition) is 6. The number of methoxy groups -OCH3 is 1. The van der Waals surface area contributed by atoms with E-state index in [9.17, 15) is 23.6 Å². The number of aromatic nitrogens is 1. The second-order valence-electron chi connectivity index (χ2n) is 8.16. The van der Waals surface area contributed by atoms with E-state index in [0.29, 0.717) is 17.3 Å². The van der Waals surface area contributed by atoms with Crippen LogP contribution in [0.2, 0.25) is 0 Å². The molecular weight excluding hydrogens is 499 g/mol. The summed E-state index contributed by atoms with van der Waals surface area (Å²) in [6, 6.07) is 5.46. The number of aryl methyl sites for hydroxylation is 1. The molecule has 1 aliphatic heterocycles. The number of hydrogen-bond donors (Lipinski definition) is 1. The molecule has 33 heavy (non-hydrogen) atoms. The van der Waals surface area contributed by atoms with Gasteiger partial charge < -0.3 is 19.4 Å². The van der Waals surface area contributed by atoms with Crippen molar-refractivity contribution < 1.29 is 33.0 Å². The summed E-state index contributed by atoms with van der Waals surface area (Å²) >= 11 is 3.12. The van der Waals surface area contributed by atoms with E-state index < -0.39 is 48.1 Å². The highest BCUT2D eigenvalue weighted by Crippen LogP contribution is 2.38. The molecule has 0 spiro atoms. The van der Waals surface area contributed by atoms with Gasteiger partial charge in [-0.05, 0) is 42.7 Å². The molecule has 0 bridgehead atoms. The number of benzene rings is 1. The highest BCUT2D eigenvalue weighted by atomic mass is 79.9. The predicted octanol–water partition coefficient (Wildman–Crippen LogP) is 3.16. The largest absolute Gasteiger partial charge is 0.457 e. The number of carbonyl (C=O) groups excluding carboxylic acids is 4. The molecule has 1 unspecified atom stereocenters. The lowest BCUT2D eigenvalue weighted by Crippen LogP contribution is -2.44. The molecule has 2 heterocycles. The van der Waals surface area contributed by atoms with E-state index in [0.717, 1.165) is 17.3 Å². The zero-order valence-electron chi connectivity index (χ0n) is 17.8. The van der Waals surface area contributed by atoms with Crippen molar-refractivity contribution in [2.45, 2.75) is 37.8 Å². The van der Waals surface area contributed by atoms with Crippen molar-refractivity contribution in [3.8, 4) is 0 Å². The van der Waals surface area contributed by atoms with Crippen molar-refractivity contribution >= 4 is 39.6 Å². The number of rotatable bonds is 5. The van der Waals surface area contributed by atoms with Gasteiger partial charge in [-0.2, -0.15) is 0 Å². The van der Waals surface area contributed by atoms with Gasteiger partial charge in [-0.25, -0.2) is 9.18 Å². The molecule has 1 amide bonds. The van der Waals surface area contributed by atoms with Crippen LogP contribution in [0.1, 0.15) is 40.4 Å². The number of nitrogens with one attached hydrogen (secondary N) is 1. The summed E-state index contributed by atoms with van der Waals surface area (Å²) in [4.78, 5) is 50.1. The van der Waals surface area contributed by atoms with Crippen molar-refractivity contribution in [3.05, 3.63) is 57.6 Å². The van der Waals surface area contributed by atoms with E-state index in [-0.39, 0.29) is 24.3 Å². The number of halogens is 2. The van der Waals surface area contributed by atoms with Crippen LogP contribution in [0.5, 0.6) is 0 Å². The number of amides is 1. The molecule has 0 fully saturated rings. The molecule has 1 N–H and O–H groups in total. The zero-order valence-corrected chi connectivity index (χ0v) is 19.4. The monoisotopic (exact) mass is 520 g/mol. The van der Waals surface area contributed by atoms with Crippen molar-refractivity contribution in [1.29, 1.82) is 0 Å². The van der Waals surface area contributed by atoms with Gasteiger partial charge in [-0.15, -0.1) is 0 Å². The number of nitrogens with zero attached hydrogens (tertiary/aromatic N) is 1. The molecule has 2 aromatic rings. The smallest absolute Gasteiger partial charge is 0.407 e. The van der Waals surface area contributed by atoms with E-state index in [1.54, 1.807) is 0 Å². The van der Waals surface area contributed by atoms with E-state index in [1.165, 1.54) is 19.2 Å². The van der Waals surface area contributed by atoms with Gasteiger partial charge in [0.05, 0.1) is 24.5 Å². The summed E-state index contributed by atoms with van der Waals surface area (Å²) in [6.45, 7) is -0.413. The Bertz CT molecular complexity index is 1130. The molecule has 1 aliphatic carbocycles. The average molecular weight is 521 g/mol. The first-order valence-corrected chi connectivity index (χ1v) is 11.3. The summed E-state index contributed by atoms with van der Waals surface area (Å²) in [6.07, 6.45) is 2.37. The first-order chi connectivity index (χ1) is 15.8. The molecule has 3 atom stereocenters. The summed E-state index contributed by atoms with van der Waals surface area (Å²) in [7, 11) is 1.26. The second kappa shape index (κ2) is 9.46. The summed E-state index contributed by atoms with van der Waals surface area (Å²) in [5, 5.41) is 2.74. The highest BCUT2D eigenvalue weighted by Gasteiger charge is 2.42. The van der Waals surface area contributed by atoms with Crippen molar-refractivity contribution in [2.24, 2.45) is 5.92 Å². The molecule has 2 aliphatic rings. The van der Waals surface area contributed by atoms with Gasteiger partial charge in [0.2, 0.25) is 5.78 Å². The Balaban J connectivity index is 1.48. The molecular formula is C23H22BrFN2O6. The molecule has 1 aromatic heterocycles. The minimum absolute atomic E-state index is 0.0925. The van der Waals surface area contributed by atoms with Crippen LogP contribution in [-0.2, 0) is 32.0 Å². The van der Waals surface area contributed by atoms with Gasteiger partial charge in [0, 0.05) is 35.4 Å². The van der Waals surface area contributed by atoms with Crippen LogP contribution in [0.25, 0.3) is 0 Å². The number of ether oxygens (including phenoxy) is 2. The fourth-order valence-corrected chi connectivity index (χ4v) is 4.90. The van der Waals surface area contributed by atoms with Gasteiger partial charge in [-0.3, -0.25) is 14.4 Å². The maximum Gasteiger partial charge on any atom is 0.407 e. The van der Waals surface area contributed by atoms with Crippen LogP contribution in [0.3, 0.4) is 0 Å². The summed E-state index contributed by atoms with van der Waals surface area (Å²) in [5.41, 5.74) is 1.62. The molecule has 4 rings (SSSR count). The number of Topliss-reactive ketones (excluding diaryl/α,β-unsaturated/α-hetero) is 2. The lowest BCUT2D eigenvalue weighted by molar-refractivity contribution is -0.149. The average Bonchev–Trinajstić information content (AvgIpc) is 3.11. The third-order valence-electron chi connectivity index (χ3n) is 6.13. The first-order valence-electron chi connectivity index (χ1n) is 10.5. The Morgan fingerprint density at radius 3 is 2.79 bits per heavy atom. The Morgan fingerprint density at radius 2 is 2.06 bits per heavy atom. The van der Waals surface area contributed by atoms with Gasteiger partial charge in [0.1, 0.15) is 11.6 Å². The normalized spacial score (nSPS) is 21.5. The van der Waals surface area contributed by atoms with Crippen LogP contribution in [0, 0.1) is 11.7 Å². The van der Waals surface area contributed by atoms with Crippen LogP contribution < -0.4 is 5.32 Å². The Morgan fingerprint density at radius 1 is 1.27 bits per heavy atom. The van der Waals surface area contributed by atoms with Gasteiger partial charge in [0.25, 0.3) is 0 Å². The van der Waals surface area contributed by atoms with Crippen LogP contribution in [0.4, 0.5) is 9.18 Å². The third kappa shape index (κ3) is 4.71. The summed E-state index contributed by atoms with van der Waals surface area (Å²) < 4.78 is 26.2. The SMILES string of the molecule is COC(=O)N[C@H]1CCc2ccn3c2C1C(=O)C[C@H](C(=O)OCC(=O)c1ccc(Br)cc1F)C3. The number of esters is 1. The van der Waals surface area contributed by atoms with E-state index in [1.807, 2.05) is 16.8 Å². The minimum atomic E-state index is -0.805. The standard InChI is InChI=1S/C23H22BrFN2O6/c1-32-23(31)26-17-5-2-12-6-7-27-10-13(8-18(28)20(17)21(12)27)22(30)33-11-19(29)15-4-3-14(24)9-16(15)25/h3-4,6-7,9,13,17,20H,2,5,8,10-11H2,1H3,(H,26,31)/t13-,17-,20?/m0/s1.